The van der Waals surface area contributed by atoms with Gasteiger partial charge in [-0.1, -0.05) is 17.7 Å². The van der Waals surface area contributed by atoms with Gasteiger partial charge in [0.15, 0.2) is 0 Å². The third kappa shape index (κ3) is 3.05. The highest BCUT2D eigenvalue weighted by atomic mass is 79.9. The maximum atomic E-state index is 13.7. The molecular formula is C12H9BrClFN2O2S. The van der Waals surface area contributed by atoms with Crippen LogP contribution in [0.15, 0.2) is 45.8 Å². The summed E-state index contributed by atoms with van der Waals surface area (Å²) in [6, 6.07) is 8.12. The van der Waals surface area contributed by atoms with Gasteiger partial charge < -0.3 is 5.73 Å². The molecule has 0 amide bonds. The van der Waals surface area contributed by atoms with E-state index in [4.69, 9.17) is 17.3 Å². The van der Waals surface area contributed by atoms with Gasteiger partial charge in [-0.3, -0.25) is 4.72 Å². The number of sulfonamides is 1. The predicted molar refractivity (Wildman–Crippen MR) is 80.8 cm³/mol. The van der Waals surface area contributed by atoms with Gasteiger partial charge in [0.25, 0.3) is 10.0 Å². The van der Waals surface area contributed by atoms with Gasteiger partial charge in [0.1, 0.15) is 10.7 Å². The monoisotopic (exact) mass is 378 g/mol. The number of hydrogen-bond donors (Lipinski definition) is 2. The van der Waals surface area contributed by atoms with Crippen LogP contribution in [0.3, 0.4) is 0 Å². The molecule has 106 valence electrons. The summed E-state index contributed by atoms with van der Waals surface area (Å²) in [4.78, 5) is -0.578. The number of nitrogens with two attached hydrogens (primary N) is 1. The topological polar surface area (TPSA) is 72.2 Å². The van der Waals surface area contributed by atoms with Crippen LogP contribution in [0.4, 0.5) is 15.8 Å². The average Bonchev–Trinajstić information content (AvgIpc) is 2.33. The van der Waals surface area contributed by atoms with Crippen molar-refractivity contribution in [3.8, 4) is 0 Å². The van der Waals surface area contributed by atoms with Gasteiger partial charge in [-0.2, -0.15) is 0 Å². The fraction of sp³-hybridized carbons (Fsp3) is 0. The molecule has 0 bridgehead atoms. The Morgan fingerprint density at radius 3 is 2.55 bits per heavy atom. The molecular weight excluding hydrogens is 371 g/mol. The maximum absolute atomic E-state index is 13.7. The van der Waals surface area contributed by atoms with E-state index in [1.165, 1.54) is 30.3 Å². The molecule has 3 N–H and O–H groups in total. The zero-order valence-corrected chi connectivity index (χ0v) is 13.1. The molecule has 0 aromatic heterocycles. The first-order valence-corrected chi connectivity index (χ1v) is 7.98. The number of anilines is 2. The molecule has 0 radical (unpaired) electrons. The third-order valence-electron chi connectivity index (χ3n) is 2.44. The number of benzene rings is 2. The minimum absolute atomic E-state index is 0.162. The third-order valence-corrected chi connectivity index (χ3v) is 5.12. The van der Waals surface area contributed by atoms with E-state index in [9.17, 15) is 12.8 Å². The molecule has 0 aliphatic heterocycles. The lowest BCUT2D eigenvalue weighted by Gasteiger charge is -2.11. The van der Waals surface area contributed by atoms with Crippen LogP contribution in [0.2, 0.25) is 5.02 Å². The summed E-state index contributed by atoms with van der Waals surface area (Å²) in [5, 5.41) is 0.429. The average molecular weight is 380 g/mol. The van der Waals surface area contributed by atoms with Crippen molar-refractivity contribution in [2.45, 2.75) is 4.90 Å². The molecule has 0 saturated heterocycles. The van der Waals surface area contributed by atoms with Crippen molar-refractivity contribution < 1.29 is 12.8 Å². The van der Waals surface area contributed by atoms with Crippen molar-refractivity contribution in [1.29, 1.82) is 0 Å². The highest BCUT2D eigenvalue weighted by Gasteiger charge is 2.22. The Morgan fingerprint density at radius 2 is 1.95 bits per heavy atom. The quantitative estimate of drug-likeness (QED) is 0.800. The van der Waals surface area contributed by atoms with E-state index in [0.717, 1.165) is 6.07 Å². The standard InChI is InChI=1S/C12H9BrClFN2O2S/c13-8-6-7(4-5-9(8)14)17-20(18,19)12-10(15)2-1-3-11(12)16/h1-6,17H,16H2. The molecule has 20 heavy (non-hydrogen) atoms. The second-order valence-corrected chi connectivity index (χ2v) is 6.77. The molecule has 8 heteroatoms. The van der Waals surface area contributed by atoms with Crippen LogP contribution < -0.4 is 10.5 Å². The molecule has 2 aromatic rings. The molecule has 4 nitrogen and oxygen atoms in total. The number of nitrogens with one attached hydrogen (secondary N) is 1. The fourth-order valence-electron chi connectivity index (χ4n) is 1.57. The predicted octanol–water partition coefficient (Wildman–Crippen LogP) is 3.62. The SMILES string of the molecule is Nc1cccc(F)c1S(=O)(=O)Nc1ccc(Cl)c(Br)c1. The Labute approximate surface area is 128 Å². The van der Waals surface area contributed by atoms with E-state index in [2.05, 4.69) is 20.7 Å². The highest BCUT2D eigenvalue weighted by Crippen LogP contribution is 2.28. The lowest BCUT2D eigenvalue weighted by atomic mass is 10.3. The number of rotatable bonds is 3. The Morgan fingerprint density at radius 1 is 1.25 bits per heavy atom. The Bertz CT molecular complexity index is 748. The van der Waals surface area contributed by atoms with Crippen molar-refractivity contribution >= 4 is 48.9 Å². The van der Waals surface area contributed by atoms with Gasteiger partial charge in [0.05, 0.1) is 16.4 Å². The fourth-order valence-corrected chi connectivity index (χ4v) is 3.31. The van der Waals surface area contributed by atoms with Crippen molar-refractivity contribution in [1.82, 2.24) is 0 Å². The molecule has 0 fully saturated rings. The van der Waals surface area contributed by atoms with Crippen LogP contribution in [-0.4, -0.2) is 8.42 Å². The van der Waals surface area contributed by atoms with Gasteiger partial charge in [-0.15, -0.1) is 0 Å². The first-order chi connectivity index (χ1) is 9.31. The summed E-state index contributed by atoms with van der Waals surface area (Å²) >= 11 is 8.99. The maximum Gasteiger partial charge on any atom is 0.266 e. The molecule has 0 aliphatic rings. The Kier molecular flexibility index (Phi) is 4.22. The van der Waals surface area contributed by atoms with Crippen molar-refractivity contribution in [3.63, 3.8) is 0 Å². The van der Waals surface area contributed by atoms with Gasteiger partial charge in [0.2, 0.25) is 0 Å². The molecule has 2 aromatic carbocycles. The molecule has 0 aliphatic carbocycles. The van der Waals surface area contributed by atoms with Crippen LogP contribution in [0.1, 0.15) is 0 Å². The highest BCUT2D eigenvalue weighted by molar-refractivity contribution is 9.10. The lowest BCUT2D eigenvalue weighted by molar-refractivity contribution is 0.572. The van der Waals surface area contributed by atoms with Crippen LogP contribution in [-0.2, 0) is 10.0 Å². The van der Waals surface area contributed by atoms with Crippen molar-refractivity contribution in [3.05, 3.63) is 51.7 Å². The normalized spacial score (nSPS) is 11.3. The lowest BCUT2D eigenvalue weighted by Crippen LogP contribution is -2.16. The Balaban J connectivity index is 2.43. The van der Waals surface area contributed by atoms with E-state index >= 15 is 0 Å². The van der Waals surface area contributed by atoms with Gasteiger partial charge >= 0.3 is 0 Å². The van der Waals surface area contributed by atoms with E-state index in [-0.39, 0.29) is 11.4 Å². The summed E-state index contributed by atoms with van der Waals surface area (Å²) in [7, 11) is -4.12. The molecule has 2 rings (SSSR count). The summed E-state index contributed by atoms with van der Waals surface area (Å²) < 4.78 is 40.7. The summed E-state index contributed by atoms with van der Waals surface area (Å²) in [6.07, 6.45) is 0. The van der Waals surface area contributed by atoms with E-state index in [0.29, 0.717) is 9.50 Å². The second kappa shape index (κ2) is 5.59. The number of hydrogen-bond acceptors (Lipinski definition) is 3. The molecule has 0 heterocycles. The molecule has 0 spiro atoms. The molecule has 0 atom stereocenters. The van der Waals surface area contributed by atoms with Crippen LogP contribution in [0, 0.1) is 5.82 Å². The minimum Gasteiger partial charge on any atom is -0.398 e. The minimum atomic E-state index is -4.12. The van der Waals surface area contributed by atoms with Gasteiger partial charge in [-0.25, -0.2) is 12.8 Å². The Hall–Kier alpha value is -1.31. The van der Waals surface area contributed by atoms with E-state index in [1.807, 2.05) is 0 Å². The number of nitrogen functional groups attached to an aromatic ring is 1. The molecule has 0 saturated carbocycles. The summed E-state index contributed by atoms with van der Waals surface area (Å²) in [5.41, 5.74) is 5.60. The van der Waals surface area contributed by atoms with Crippen LogP contribution >= 0.6 is 27.5 Å². The molecule has 0 unspecified atom stereocenters. The first-order valence-electron chi connectivity index (χ1n) is 5.33. The van der Waals surface area contributed by atoms with Crippen LogP contribution in [0.5, 0.6) is 0 Å². The van der Waals surface area contributed by atoms with Crippen LogP contribution in [0.25, 0.3) is 0 Å². The van der Waals surface area contributed by atoms with Gasteiger partial charge in [-0.05, 0) is 46.3 Å². The zero-order valence-electron chi connectivity index (χ0n) is 9.90. The summed E-state index contributed by atoms with van der Waals surface area (Å²) in [6.45, 7) is 0. The van der Waals surface area contributed by atoms with Crippen molar-refractivity contribution in [2.24, 2.45) is 0 Å². The summed E-state index contributed by atoms with van der Waals surface area (Å²) in [5.74, 6) is -0.912. The van der Waals surface area contributed by atoms with Gasteiger partial charge in [0, 0.05) is 4.47 Å². The van der Waals surface area contributed by atoms with E-state index < -0.39 is 20.7 Å². The van der Waals surface area contributed by atoms with E-state index in [1.54, 1.807) is 0 Å². The van der Waals surface area contributed by atoms with Crippen molar-refractivity contribution in [2.75, 3.05) is 10.5 Å². The first kappa shape index (κ1) is 15.1. The largest absolute Gasteiger partial charge is 0.398 e. The number of halogens is 3. The zero-order chi connectivity index (χ0) is 14.9. The smallest absolute Gasteiger partial charge is 0.266 e. The second-order valence-electron chi connectivity index (χ2n) is 3.89.